The van der Waals surface area contributed by atoms with Crippen molar-refractivity contribution < 1.29 is 28.7 Å². The van der Waals surface area contributed by atoms with Gasteiger partial charge < -0.3 is 25.4 Å². The highest BCUT2D eigenvalue weighted by atomic mass is 32.2. The minimum atomic E-state index is -0.966. The summed E-state index contributed by atoms with van der Waals surface area (Å²) in [6.45, 7) is 6.33. The van der Waals surface area contributed by atoms with Gasteiger partial charge in [0.15, 0.2) is 6.04 Å². The van der Waals surface area contributed by atoms with Crippen LogP contribution in [0.3, 0.4) is 0 Å². The first kappa shape index (κ1) is 28.2. The van der Waals surface area contributed by atoms with Crippen molar-refractivity contribution in [3.63, 3.8) is 0 Å². The molecule has 0 aromatic rings. The Morgan fingerprint density at radius 1 is 1.07 bits per heavy atom. The summed E-state index contributed by atoms with van der Waals surface area (Å²) in [4.78, 5) is 48.3. The molecule has 0 saturated carbocycles. The standard InChI is InChI=1S/C20H37N3O6S/c1-6-7-9-29-12-17(20(27)28-4)23-19(26)16(11-14(2)3)22-18(25)15(21-13-24)8-10-30-5/h13-17H,6-12H2,1-5H3,(H,21,24)(H,22,25)(H,23,26)/t15-,16-,17-/m0/s1. The first-order valence-electron chi connectivity index (χ1n) is 10.3. The fourth-order valence-corrected chi connectivity index (χ4v) is 3.09. The molecular formula is C20H37N3O6S. The average molecular weight is 448 g/mol. The molecule has 0 radical (unpaired) electrons. The summed E-state index contributed by atoms with van der Waals surface area (Å²) >= 11 is 1.55. The van der Waals surface area contributed by atoms with Gasteiger partial charge in [-0.05, 0) is 37.2 Å². The van der Waals surface area contributed by atoms with E-state index in [4.69, 9.17) is 9.47 Å². The number of rotatable bonds is 17. The number of ether oxygens (including phenoxy) is 2. The van der Waals surface area contributed by atoms with Gasteiger partial charge in [-0.1, -0.05) is 27.2 Å². The molecule has 10 heteroatoms. The third-order valence-corrected chi connectivity index (χ3v) is 4.91. The minimum Gasteiger partial charge on any atom is -0.467 e. The van der Waals surface area contributed by atoms with Gasteiger partial charge in [0.05, 0.1) is 13.7 Å². The molecule has 9 nitrogen and oxygen atoms in total. The van der Waals surface area contributed by atoms with Gasteiger partial charge in [0, 0.05) is 6.61 Å². The van der Waals surface area contributed by atoms with Gasteiger partial charge in [-0.3, -0.25) is 14.4 Å². The first-order chi connectivity index (χ1) is 14.3. The zero-order chi connectivity index (χ0) is 22.9. The summed E-state index contributed by atoms with van der Waals surface area (Å²) in [6.07, 6.45) is 4.99. The number of thioether (sulfide) groups is 1. The van der Waals surface area contributed by atoms with Crippen LogP contribution in [-0.2, 0) is 28.7 Å². The molecular weight excluding hydrogens is 410 g/mol. The minimum absolute atomic E-state index is 0.0101. The number of esters is 1. The van der Waals surface area contributed by atoms with Gasteiger partial charge in [0.2, 0.25) is 18.2 Å². The van der Waals surface area contributed by atoms with Crippen LogP contribution in [0.2, 0.25) is 0 Å². The maximum Gasteiger partial charge on any atom is 0.330 e. The smallest absolute Gasteiger partial charge is 0.330 e. The molecule has 3 atom stereocenters. The number of hydrogen-bond donors (Lipinski definition) is 3. The third-order valence-electron chi connectivity index (χ3n) is 4.27. The van der Waals surface area contributed by atoms with Crippen molar-refractivity contribution in [3.05, 3.63) is 0 Å². The fourth-order valence-electron chi connectivity index (χ4n) is 2.61. The van der Waals surface area contributed by atoms with E-state index in [1.165, 1.54) is 7.11 Å². The van der Waals surface area contributed by atoms with Crippen molar-refractivity contribution in [1.29, 1.82) is 0 Å². The third kappa shape index (κ3) is 12.0. The van der Waals surface area contributed by atoms with Gasteiger partial charge in [0.1, 0.15) is 12.1 Å². The van der Waals surface area contributed by atoms with E-state index >= 15 is 0 Å². The lowest BCUT2D eigenvalue weighted by Gasteiger charge is -2.25. The quantitative estimate of drug-likeness (QED) is 0.172. The Balaban J connectivity index is 5.17. The lowest BCUT2D eigenvalue weighted by Crippen LogP contribution is -2.56. The topological polar surface area (TPSA) is 123 Å². The lowest BCUT2D eigenvalue weighted by molar-refractivity contribution is -0.147. The molecule has 0 saturated heterocycles. The van der Waals surface area contributed by atoms with E-state index in [9.17, 15) is 19.2 Å². The van der Waals surface area contributed by atoms with E-state index in [1.54, 1.807) is 11.8 Å². The summed E-state index contributed by atoms with van der Waals surface area (Å²) < 4.78 is 10.2. The monoisotopic (exact) mass is 447 g/mol. The molecule has 0 aliphatic carbocycles. The molecule has 0 bridgehead atoms. The zero-order valence-corrected chi connectivity index (χ0v) is 19.5. The molecule has 3 N–H and O–H groups in total. The van der Waals surface area contributed by atoms with E-state index in [1.807, 2.05) is 27.0 Å². The lowest BCUT2D eigenvalue weighted by atomic mass is 10.0. The highest BCUT2D eigenvalue weighted by Crippen LogP contribution is 2.08. The molecule has 30 heavy (non-hydrogen) atoms. The van der Waals surface area contributed by atoms with Crippen molar-refractivity contribution in [2.75, 3.05) is 32.3 Å². The maximum absolute atomic E-state index is 12.8. The molecule has 0 fully saturated rings. The van der Waals surface area contributed by atoms with Crippen molar-refractivity contribution in [2.45, 2.75) is 64.6 Å². The Morgan fingerprint density at radius 2 is 1.70 bits per heavy atom. The number of carbonyl (C=O) groups excluding carboxylic acids is 4. The van der Waals surface area contributed by atoms with Gasteiger partial charge in [-0.25, -0.2) is 4.79 Å². The van der Waals surface area contributed by atoms with Crippen LogP contribution in [0.1, 0.15) is 46.5 Å². The number of methoxy groups -OCH3 is 1. The first-order valence-corrected chi connectivity index (χ1v) is 11.6. The summed E-state index contributed by atoms with van der Waals surface area (Å²) in [7, 11) is 1.24. The Kier molecular flexibility index (Phi) is 15.9. The van der Waals surface area contributed by atoms with Crippen LogP contribution in [0.5, 0.6) is 0 Å². The summed E-state index contributed by atoms with van der Waals surface area (Å²) in [5.41, 5.74) is 0. The van der Waals surface area contributed by atoms with Crippen LogP contribution in [-0.4, -0.2) is 74.7 Å². The van der Waals surface area contributed by atoms with Gasteiger partial charge in [-0.2, -0.15) is 11.8 Å². The van der Waals surface area contributed by atoms with Crippen molar-refractivity contribution in [3.8, 4) is 0 Å². The van der Waals surface area contributed by atoms with Crippen molar-refractivity contribution in [1.82, 2.24) is 16.0 Å². The Bertz CT molecular complexity index is 533. The molecule has 0 aromatic heterocycles. The predicted molar refractivity (Wildman–Crippen MR) is 117 cm³/mol. The molecule has 0 aliphatic heterocycles. The largest absolute Gasteiger partial charge is 0.467 e. The number of nitrogens with one attached hydrogen (secondary N) is 3. The van der Waals surface area contributed by atoms with E-state index in [0.717, 1.165) is 12.8 Å². The fraction of sp³-hybridized carbons (Fsp3) is 0.800. The molecule has 0 heterocycles. The summed E-state index contributed by atoms with van der Waals surface area (Å²) in [5.74, 6) is -0.761. The molecule has 0 aromatic carbocycles. The molecule has 174 valence electrons. The predicted octanol–water partition coefficient (Wildman–Crippen LogP) is 0.860. The van der Waals surface area contributed by atoms with Crippen LogP contribution < -0.4 is 16.0 Å². The molecule has 0 aliphatic rings. The summed E-state index contributed by atoms with van der Waals surface area (Å²) in [6, 6.07) is -2.55. The van der Waals surface area contributed by atoms with E-state index in [0.29, 0.717) is 31.6 Å². The normalized spacial score (nSPS) is 13.8. The number of unbranched alkanes of at least 4 members (excludes halogenated alkanes) is 1. The molecule has 0 rings (SSSR count). The average Bonchev–Trinajstić information content (AvgIpc) is 2.71. The van der Waals surface area contributed by atoms with Crippen LogP contribution in [0.15, 0.2) is 0 Å². The van der Waals surface area contributed by atoms with E-state index < -0.39 is 35.9 Å². The molecule has 3 amide bonds. The van der Waals surface area contributed by atoms with Crippen LogP contribution in [0.25, 0.3) is 0 Å². The molecule has 0 unspecified atom stereocenters. The van der Waals surface area contributed by atoms with Gasteiger partial charge >= 0.3 is 5.97 Å². The van der Waals surface area contributed by atoms with Crippen LogP contribution in [0.4, 0.5) is 0 Å². The number of hydrogen-bond acceptors (Lipinski definition) is 7. The second kappa shape index (κ2) is 16.9. The molecule has 0 spiro atoms. The Labute approximate surface area is 183 Å². The van der Waals surface area contributed by atoms with E-state index in [2.05, 4.69) is 16.0 Å². The number of carbonyl (C=O) groups is 4. The second-order valence-corrected chi connectivity index (χ2v) is 8.31. The van der Waals surface area contributed by atoms with Gasteiger partial charge in [0.25, 0.3) is 0 Å². The highest BCUT2D eigenvalue weighted by molar-refractivity contribution is 7.98. The second-order valence-electron chi connectivity index (χ2n) is 7.32. The maximum atomic E-state index is 12.8. The highest BCUT2D eigenvalue weighted by Gasteiger charge is 2.29. The SMILES string of the molecule is CCCCOC[C@H](NC(=O)[C@H](CC(C)C)NC(=O)[C@H](CCSC)NC=O)C(=O)OC. The Morgan fingerprint density at radius 3 is 2.23 bits per heavy atom. The van der Waals surface area contributed by atoms with Gasteiger partial charge in [-0.15, -0.1) is 0 Å². The van der Waals surface area contributed by atoms with Crippen LogP contribution in [0, 0.1) is 5.92 Å². The number of amides is 3. The Hall–Kier alpha value is -1.81. The van der Waals surface area contributed by atoms with E-state index in [-0.39, 0.29) is 12.5 Å². The zero-order valence-electron chi connectivity index (χ0n) is 18.7. The van der Waals surface area contributed by atoms with Crippen LogP contribution >= 0.6 is 11.8 Å². The van der Waals surface area contributed by atoms with Crippen molar-refractivity contribution >= 4 is 36.0 Å². The van der Waals surface area contributed by atoms with Crippen molar-refractivity contribution in [2.24, 2.45) is 5.92 Å². The summed E-state index contributed by atoms with van der Waals surface area (Å²) in [5, 5.41) is 7.82.